The van der Waals surface area contributed by atoms with Crippen LogP contribution in [0.4, 0.5) is 0 Å². The predicted molar refractivity (Wildman–Crippen MR) is 233 cm³/mol. The van der Waals surface area contributed by atoms with Crippen LogP contribution in [0, 0.1) is 5.92 Å². The van der Waals surface area contributed by atoms with Crippen molar-refractivity contribution >= 4 is 67.2 Å². The number of hydrogen-bond donors (Lipinski definition) is 2. The zero-order valence-electron chi connectivity index (χ0n) is 34.4. The monoisotopic (exact) mass is 748 g/mol. The van der Waals surface area contributed by atoms with E-state index in [1.54, 1.807) is 0 Å². The van der Waals surface area contributed by atoms with Crippen LogP contribution in [0.3, 0.4) is 0 Å². The van der Waals surface area contributed by atoms with Gasteiger partial charge < -0.3 is 14.2 Å². The van der Waals surface area contributed by atoms with Gasteiger partial charge in [-0.05, 0) is 119 Å². The second kappa shape index (κ2) is 15.7. The minimum absolute atomic E-state index is 0.0826. The van der Waals surface area contributed by atoms with Crippen molar-refractivity contribution in [2.75, 3.05) is 0 Å². The maximum Gasteiger partial charge on any atom is 0.261 e. The highest BCUT2D eigenvalue weighted by atomic mass is 16.3. The number of aliphatic hydroxyl groups excluding tert-OH is 1. The summed E-state index contributed by atoms with van der Waals surface area (Å²) in [4.78, 5) is 30.1. The summed E-state index contributed by atoms with van der Waals surface area (Å²) in [5, 5.41) is 23.8. The highest BCUT2D eigenvalue weighted by Crippen LogP contribution is 2.39. The first kappa shape index (κ1) is 39.0. The van der Waals surface area contributed by atoms with Gasteiger partial charge in [0, 0.05) is 67.9 Å². The Morgan fingerprint density at radius 3 is 1.77 bits per heavy atom. The summed E-state index contributed by atoms with van der Waals surface area (Å²) in [6.45, 7) is 18.8. The van der Waals surface area contributed by atoms with Crippen LogP contribution in [0.1, 0.15) is 81.2 Å². The third-order valence-corrected chi connectivity index (χ3v) is 11.0. The van der Waals surface area contributed by atoms with Crippen molar-refractivity contribution in [3.05, 3.63) is 118 Å². The van der Waals surface area contributed by atoms with Gasteiger partial charge in [0.1, 0.15) is 0 Å². The lowest BCUT2D eigenvalue weighted by Crippen LogP contribution is -2.54. The average molecular weight is 749 g/mol. The molecule has 1 amide bonds. The molecule has 0 radical (unpaired) electrons. The number of nitrogens with zero attached hydrogens (tertiary/aromatic N) is 3. The largest absolute Gasteiger partial charge is 0.361 e. The molecule has 4 aromatic carbocycles. The van der Waals surface area contributed by atoms with E-state index in [9.17, 15) is 14.7 Å². The zero-order valence-corrected chi connectivity index (χ0v) is 34.4. The Balaban J connectivity index is 1.50. The van der Waals surface area contributed by atoms with E-state index < -0.39 is 12.3 Å². The number of nitrogens with one attached hydrogen (secondary N) is 1. The Bertz CT molecular complexity index is 2670. The molecule has 6 aromatic rings. The Morgan fingerprint density at radius 1 is 0.732 bits per heavy atom. The molecule has 7 rings (SSSR count). The topological polar surface area (TPSA) is 79.5 Å². The van der Waals surface area contributed by atoms with Crippen LogP contribution in [0.5, 0.6) is 0 Å². The van der Waals surface area contributed by atoms with E-state index in [0.717, 1.165) is 28.4 Å². The lowest BCUT2D eigenvalue weighted by molar-refractivity contribution is -0.144. The van der Waals surface area contributed by atoms with Gasteiger partial charge in [-0.25, -0.2) is 0 Å². The molecule has 7 heteroatoms. The normalized spacial score (nSPS) is 17.6. The van der Waals surface area contributed by atoms with Gasteiger partial charge >= 0.3 is 0 Å². The van der Waals surface area contributed by atoms with Crippen LogP contribution in [-0.2, 0) is 16.1 Å². The first-order valence-corrected chi connectivity index (χ1v) is 20.2. The molecule has 0 aliphatic heterocycles. The number of hydrogen-bond acceptors (Lipinski definition) is 4. The van der Waals surface area contributed by atoms with E-state index in [2.05, 4.69) is 139 Å². The number of Topliss-reactive ketones (excluding diaryl/α,β-unsaturated/α-hetero) is 1. The molecule has 7 nitrogen and oxygen atoms in total. The van der Waals surface area contributed by atoms with E-state index in [1.165, 1.54) is 55.2 Å². The molecule has 290 valence electrons. The average Bonchev–Trinajstić information content (AvgIpc) is 3.77. The number of aromatic nitrogens is 2. The number of rotatable bonds is 11. The smallest absolute Gasteiger partial charge is 0.261 e. The van der Waals surface area contributed by atoms with Gasteiger partial charge in [-0.2, -0.15) is 0 Å². The Hall–Kier alpha value is -5.24. The molecule has 1 fully saturated rings. The van der Waals surface area contributed by atoms with Crippen LogP contribution in [0.25, 0.3) is 55.5 Å². The van der Waals surface area contributed by atoms with Crippen LogP contribution in [-0.4, -0.2) is 49.3 Å². The molecular weight excluding hydrogens is 693 g/mol. The van der Waals surface area contributed by atoms with Crippen LogP contribution < -0.4 is 16.0 Å². The first-order valence-electron chi connectivity index (χ1n) is 20.2. The van der Waals surface area contributed by atoms with Gasteiger partial charge in [-0.1, -0.05) is 86.7 Å². The fraction of sp³-hybridized carbons (Fsp3) is 0.347. The minimum Gasteiger partial charge on any atom is -0.361 e. The molecule has 56 heavy (non-hydrogen) atoms. The van der Waals surface area contributed by atoms with Crippen LogP contribution in [0.15, 0.2) is 107 Å². The third kappa shape index (κ3) is 7.03. The highest BCUT2D eigenvalue weighted by Gasteiger charge is 2.35. The van der Waals surface area contributed by atoms with Gasteiger partial charge in [0.25, 0.3) is 5.91 Å². The standard InChI is InChI=1S/C49H56N4O3/c1-29(2)28-51-40(38-18-10-14-34-16-12-20-42(51)46(34)38)26-24-36-22-23-37(45(36)44(33(9)54)48(55)53(32(7)8)49(56)50-30(3)4)25-27-41-39-19-11-15-35-17-13-21-43(47(35)39)52(41)31(5)6/h10-21,24-27,29-32,49-50,56H,22-23,28H2,1-9H3/b36-24+,37-25+,40-26+,41-27+,45-44+. The molecule has 2 N–H and O–H groups in total. The van der Waals surface area contributed by atoms with Crippen molar-refractivity contribution in [1.29, 1.82) is 0 Å². The van der Waals surface area contributed by atoms with Gasteiger partial charge in [0.2, 0.25) is 0 Å². The molecule has 2 heterocycles. The fourth-order valence-corrected chi connectivity index (χ4v) is 8.81. The van der Waals surface area contributed by atoms with Crippen LogP contribution >= 0.6 is 0 Å². The lowest BCUT2D eigenvalue weighted by atomic mass is 9.94. The van der Waals surface area contributed by atoms with E-state index in [0.29, 0.717) is 24.3 Å². The van der Waals surface area contributed by atoms with Crippen molar-refractivity contribution in [3.63, 3.8) is 0 Å². The molecule has 0 bridgehead atoms. The minimum atomic E-state index is -1.26. The van der Waals surface area contributed by atoms with Crippen LogP contribution in [0.2, 0.25) is 0 Å². The van der Waals surface area contributed by atoms with E-state index in [1.807, 2.05) is 27.7 Å². The second-order valence-electron chi connectivity index (χ2n) is 16.6. The summed E-state index contributed by atoms with van der Waals surface area (Å²) in [5.41, 5.74) is 5.01. The summed E-state index contributed by atoms with van der Waals surface area (Å²) in [7, 11) is 0. The Morgan fingerprint density at radius 2 is 1.25 bits per heavy atom. The van der Waals surface area contributed by atoms with E-state index >= 15 is 0 Å². The maximum atomic E-state index is 14.8. The van der Waals surface area contributed by atoms with E-state index in [-0.39, 0.29) is 29.5 Å². The quantitative estimate of drug-likeness (QED) is 0.0601. The summed E-state index contributed by atoms with van der Waals surface area (Å²) >= 11 is 0. The van der Waals surface area contributed by atoms with Crippen molar-refractivity contribution in [3.8, 4) is 0 Å². The van der Waals surface area contributed by atoms with Crippen molar-refractivity contribution in [2.45, 2.75) is 106 Å². The van der Waals surface area contributed by atoms with Gasteiger partial charge in [-0.3, -0.25) is 19.8 Å². The molecule has 1 atom stereocenters. The molecule has 1 aliphatic carbocycles. The first-order chi connectivity index (χ1) is 26.8. The van der Waals surface area contributed by atoms with Gasteiger partial charge in [0.15, 0.2) is 12.1 Å². The number of aliphatic hydroxyl groups is 1. The van der Waals surface area contributed by atoms with E-state index in [4.69, 9.17) is 0 Å². The summed E-state index contributed by atoms with van der Waals surface area (Å²) in [6.07, 6.45) is 8.66. The predicted octanol–water partition coefficient (Wildman–Crippen LogP) is 8.88. The molecule has 1 unspecified atom stereocenters. The lowest BCUT2D eigenvalue weighted by Gasteiger charge is -2.34. The SMILES string of the molecule is CC(=O)/C(C(=O)N(C(C)C)C(O)NC(C)C)=C1C(=C/C=c2\c3cccc4cccc(c43)n2CC(C)C)/CCC/1=C\C=c1/c2cccc3cccc(c32)n1C(C)C. The van der Waals surface area contributed by atoms with Gasteiger partial charge in [-0.15, -0.1) is 0 Å². The number of amides is 1. The second-order valence-corrected chi connectivity index (χ2v) is 16.6. The maximum absolute atomic E-state index is 14.8. The number of benzene rings is 4. The van der Waals surface area contributed by atoms with Crippen molar-refractivity contribution < 1.29 is 14.7 Å². The van der Waals surface area contributed by atoms with Crippen molar-refractivity contribution in [2.24, 2.45) is 5.92 Å². The van der Waals surface area contributed by atoms with Gasteiger partial charge in [0.05, 0.1) is 5.57 Å². The number of carbonyl (C=O) groups excluding carboxylic acids is 2. The molecule has 2 aromatic heterocycles. The number of carbonyl (C=O) groups is 2. The van der Waals surface area contributed by atoms with Crippen molar-refractivity contribution in [1.82, 2.24) is 19.4 Å². The Kier molecular flexibility index (Phi) is 10.9. The number of allylic oxidation sites excluding steroid dienone is 5. The number of ketones is 1. The highest BCUT2D eigenvalue weighted by molar-refractivity contribution is 6.20. The molecule has 0 saturated heterocycles. The molecular formula is C49H56N4O3. The zero-order chi connectivity index (χ0) is 40.0. The summed E-state index contributed by atoms with van der Waals surface area (Å²) in [5.74, 6) is -0.385. The Labute approximate surface area is 330 Å². The summed E-state index contributed by atoms with van der Waals surface area (Å²) < 4.78 is 4.78. The molecule has 1 saturated carbocycles. The summed E-state index contributed by atoms with van der Waals surface area (Å²) in [6, 6.07) is 25.6. The third-order valence-electron chi connectivity index (χ3n) is 11.0. The fourth-order valence-electron chi connectivity index (χ4n) is 8.81. The molecule has 1 aliphatic rings. The molecule has 0 spiro atoms.